The second-order valence-corrected chi connectivity index (χ2v) is 3.90. The lowest BCUT2D eigenvalue weighted by Gasteiger charge is -1.97. The van der Waals surface area contributed by atoms with E-state index in [-0.39, 0.29) is 0 Å². The molecule has 1 heterocycles. The topological polar surface area (TPSA) is 36.0 Å². The summed E-state index contributed by atoms with van der Waals surface area (Å²) in [6, 6.07) is 0. The summed E-state index contributed by atoms with van der Waals surface area (Å²) < 4.78 is 0. The van der Waals surface area contributed by atoms with Gasteiger partial charge in [0.2, 0.25) is 0 Å². The van der Waals surface area contributed by atoms with Gasteiger partial charge < -0.3 is 10.1 Å². The minimum atomic E-state index is 0.372. The van der Waals surface area contributed by atoms with Crippen LogP contribution in [-0.2, 0) is 0 Å². The SMILES string of the molecule is CCCCCSc1c[nH]cc1O. The molecule has 0 bridgehead atoms. The van der Waals surface area contributed by atoms with E-state index in [1.807, 2.05) is 6.20 Å². The third-order valence-corrected chi connectivity index (χ3v) is 2.82. The minimum absolute atomic E-state index is 0.372. The van der Waals surface area contributed by atoms with Gasteiger partial charge >= 0.3 is 0 Å². The minimum Gasteiger partial charge on any atom is -0.505 e. The van der Waals surface area contributed by atoms with E-state index in [0.29, 0.717) is 5.75 Å². The molecule has 0 saturated heterocycles. The van der Waals surface area contributed by atoms with Crippen molar-refractivity contribution in [2.45, 2.75) is 31.1 Å². The van der Waals surface area contributed by atoms with Crippen molar-refractivity contribution >= 4 is 11.8 Å². The molecular formula is C9H15NOS. The number of unbranched alkanes of at least 4 members (excludes halogenated alkanes) is 2. The van der Waals surface area contributed by atoms with Crippen LogP contribution in [0.5, 0.6) is 5.75 Å². The lowest BCUT2D eigenvalue weighted by molar-refractivity contribution is 0.464. The van der Waals surface area contributed by atoms with E-state index < -0.39 is 0 Å². The number of aromatic hydroxyl groups is 1. The summed E-state index contributed by atoms with van der Waals surface area (Å²) in [7, 11) is 0. The van der Waals surface area contributed by atoms with E-state index in [1.54, 1.807) is 18.0 Å². The Hall–Kier alpha value is -0.570. The van der Waals surface area contributed by atoms with Crippen molar-refractivity contribution < 1.29 is 5.11 Å². The van der Waals surface area contributed by atoms with Crippen LogP contribution in [0.2, 0.25) is 0 Å². The molecule has 2 N–H and O–H groups in total. The molecule has 0 unspecified atom stereocenters. The van der Waals surface area contributed by atoms with Gasteiger partial charge in [-0.25, -0.2) is 0 Å². The molecule has 12 heavy (non-hydrogen) atoms. The van der Waals surface area contributed by atoms with Crippen LogP contribution in [0.15, 0.2) is 17.3 Å². The van der Waals surface area contributed by atoms with Crippen LogP contribution in [0.3, 0.4) is 0 Å². The highest BCUT2D eigenvalue weighted by Crippen LogP contribution is 2.28. The Morgan fingerprint density at radius 1 is 1.42 bits per heavy atom. The molecule has 0 saturated carbocycles. The summed E-state index contributed by atoms with van der Waals surface area (Å²) in [6.45, 7) is 2.19. The average Bonchev–Trinajstić information content (AvgIpc) is 2.46. The summed E-state index contributed by atoms with van der Waals surface area (Å²) in [6.07, 6.45) is 7.21. The monoisotopic (exact) mass is 185 g/mol. The molecule has 3 heteroatoms. The largest absolute Gasteiger partial charge is 0.505 e. The molecular weight excluding hydrogens is 170 g/mol. The fourth-order valence-corrected chi connectivity index (χ4v) is 1.92. The number of hydrogen-bond donors (Lipinski definition) is 2. The standard InChI is InChI=1S/C9H15NOS/c1-2-3-4-5-12-9-7-10-6-8(9)11/h6-7,10-11H,2-5H2,1H3. The van der Waals surface area contributed by atoms with Gasteiger partial charge in [-0.1, -0.05) is 19.8 Å². The maximum atomic E-state index is 9.25. The first-order valence-corrected chi connectivity index (χ1v) is 5.31. The molecule has 2 nitrogen and oxygen atoms in total. The summed E-state index contributed by atoms with van der Waals surface area (Å²) >= 11 is 1.71. The fourth-order valence-electron chi connectivity index (χ4n) is 0.991. The zero-order chi connectivity index (χ0) is 8.81. The van der Waals surface area contributed by atoms with E-state index in [4.69, 9.17) is 0 Å². The van der Waals surface area contributed by atoms with Crippen molar-refractivity contribution in [1.29, 1.82) is 0 Å². The van der Waals surface area contributed by atoms with Gasteiger partial charge in [0.25, 0.3) is 0 Å². The molecule has 0 spiro atoms. The lowest BCUT2D eigenvalue weighted by Crippen LogP contribution is -1.78. The van der Waals surface area contributed by atoms with Crippen LogP contribution in [0, 0.1) is 0 Å². The normalized spacial score (nSPS) is 10.4. The van der Waals surface area contributed by atoms with Gasteiger partial charge in [0.1, 0.15) is 5.75 Å². The van der Waals surface area contributed by atoms with Gasteiger partial charge in [0, 0.05) is 12.4 Å². The zero-order valence-electron chi connectivity index (χ0n) is 7.34. The highest BCUT2D eigenvalue weighted by atomic mass is 32.2. The van der Waals surface area contributed by atoms with Crippen molar-refractivity contribution in [3.8, 4) is 5.75 Å². The maximum absolute atomic E-state index is 9.25. The summed E-state index contributed by atoms with van der Waals surface area (Å²) in [4.78, 5) is 3.83. The van der Waals surface area contributed by atoms with Gasteiger partial charge in [-0.2, -0.15) is 0 Å². The van der Waals surface area contributed by atoms with Crippen molar-refractivity contribution in [2.24, 2.45) is 0 Å². The number of H-pyrrole nitrogens is 1. The Labute approximate surface area is 77.4 Å². The quantitative estimate of drug-likeness (QED) is 0.546. The van der Waals surface area contributed by atoms with E-state index in [2.05, 4.69) is 11.9 Å². The van der Waals surface area contributed by atoms with Crippen molar-refractivity contribution in [3.63, 3.8) is 0 Å². The van der Waals surface area contributed by atoms with Crippen molar-refractivity contribution in [1.82, 2.24) is 4.98 Å². The van der Waals surface area contributed by atoms with E-state index in [1.165, 1.54) is 19.3 Å². The maximum Gasteiger partial charge on any atom is 0.146 e. The summed E-state index contributed by atoms with van der Waals surface area (Å²) in [5.74, 6) is 1.47. The van der Waals surface area contributed by atoms with Crippen molar-refractivity contribution in [2.75, 3.05) is 5.75 Å². The highest BCUT2D eigenvalue weighted by Gasteiger charge is 2.00. The van der Waals surface area contributed by atoms with Crippen LogP contribution in [-0.4, -0.2) is 15.8 Å². The molecule has 0 amide bonds. The number of aromatic nitrogens is 1. The first kappa shape index (κ1) is 9.52. The first-order valence-electron chi connectivity index (χ1n) is 4.33. The summed E-state index contributed by atoms with van der Waals surface area (Å²) in [5, 5.41) is 9.25. The van der Waals surface area contributed by atoms with Gasteiger partial charge in [-0.05, 0) is 12.2 Å². The Kier molecular flexibility index (Phi) is 4.08. The molecule has 68 valence electrons. The van der Waals surface area contributed by atoms with Crippen LogP contribution in [0.25, 0.3) is 0 Å². The Morgan fingerprint density at radius 3 is 2.83 bits per heavy atom. The third-order valence-electron chi connectivity index (χ3n) is 1.69. The molecule has 0 aliphatic carbocycles. The first-order chi connectivity index (χ1) is 5.84. The lowest BCUT2D eigenvalue weighted by atomic mass is 10.3. The van der Waals surface area contributed by atoms with Gasteiger partial charge in [-0.15, -0.1) is 11.8 Å². The molecule has 0 aliphatic heterocycles. The molecule has 1 rings (SSSR count). The van der Waals surface area contributed by atoms with Crippen LogP contribution in [0.1, 0.15) is 26.2 Å². The van der Waals surface area contributed by atoms with Crippen LogP contribution < -0.4 is 0 Å². The number of aromatic amines is 1. The van der Waals surface area contributed by atoms with Crippen LogP contribution >= 0.6 is 11.8 Å². The Bertz CT molecular complexity index is 222. The molecule has 1 aromatic rings. The third kappa shape index (κ3) is 2.81. The molecule has 0 radical (unpaired) electrons. The molecule has 0 fully saturated rings. The van der Waals surface area contributed by atoms with E-state index >= 15 is 0 Å². The number of nitrogens with one attached hydrogen (secondary N) is 1. The predicted octanol–water partition coefficient (Wildman–Crippen LogP) is 3.00. The smallest absolute Gasteiger partial charge is 0.146 e. The van der Waals surface area contributed by atoms with E-state index in [9.17, 15) is 5.11 Å². The Balaban J connectivity index is 2.20. The Morgan fingerprint density at radius 2 is 2.25 bits per heavy atom. The van der Waals surface area contributed by atoms with Gasteiger partial charge in [-0.3, -0.25) is 0 Å². The molecule has 0 aliphatic rings. The van der Waals surface area contributed by atoms with Gasteiger partial charge in [0.05, 0.1) is 4.90 Å². The number of hydrogen-bond acceptors (Lipinski definition) is 2. The van der Waals surface area contributed by atoms with Gasteiger partial charge in [0.15, 0.2) is 0 Å². The second-order valence-electron chi connectivity index (χ2n) is 2.76. The van der Waals surface area contributed by atoms with Crippen molar-refractivity contribution in [3.05, 3.63) is 12.4 Å². The van der Waals surface area contributed by atoms with Crippen LogP contribution in [0.4, 0.5) is 0 Å². The second kappa shape index (κ2) is 5.14. The zero-order valence-corrected chi connectivity index (χ0v) is 8.16. The molecule has 0 atom stereocenters. The highest BCUT2D eigenvalue weighted by molar-refractivity contribution is 7.99. The average molecular weight is 185 g/mol. The van der Waals surface area contributed by atoms with E-state index in [0.717, 1.165) is 10.6 Å². The summed E-state index contributed by atoms with van der Waals surface area (Å²) in [5.41, 5.74) is 0. The molecule has 0 aromatic carbocycles. The fraction of sp³-hybridized carbons (Fsp3) is 0.556. The predicted molar refractivity (Wildman–Crippen MR) is 52.7 cm³/mol. The number of thioether (sulfide) groups is 1. The number of rotatable bonds is 5. The molecule has 1 aromatic heterocycles.